The first-order chi connectivity index (χ1) is 9.60. The van der Waals surface area contributed by atoms with Gasteiger partial charge in [-0.05, 0) is 43.0 Å². The van der Waals surface area contributed by atoms with E-state index in [2.05, 4.69) is 0 Å². The number of aliphatic hydroxyl groups is 1. The molecule has 5 heteroatoms. The molecule has 5 nitrogen and oxygen atoms in total. The van der Waals surface area contributed by atoms with Crippen molar-refractivity contribution in [3.8, 4) is 11.5 Å². The molecule has 20 heavy (non-hydrogen) atoms. The van der Waals surface area contributed by atoms with E-state index in [1.807, 2.05) is 0 Å². The first-order valence-corrected chi connectivity index (χ1v) is 6.88. The Bertz CT molecular complexity index is 489. The van der Waals surface area contributed by atoms with E-state index in [1.165, 1.54) is 0 Å². The smallest absolute Gasteiger partial charge is 0.260 e. The Morgan fingerprint density at radius 3 is 2.45 bits per heavy atom. The summed E-state index contributed by atoms with van der Waals surface area (Å²) in [5.41, 5.74) is -0.629. The minimum atomic E-state index is -0.629. The van der Waals surface area contributed by atoms with E-state index in [1.54, 1.807) is 36.3 Å². The van der Waals surface area contributed by atoms with E-state index in [4.69, 9.17) is 9.47 Å². The number of hydrogen-bond donors (Lipinski definition) is 1. The molecular weight excluding hydrogens is 258 g/mol. The van der Waals surface area contributed by atoms with Gasteiger partial charge in [0.2, 0.25) is 0 Å². The van der Waals surface area contributed by atoms with Crippen molar-refractivity contribution in [2.75, 3.05) is 26.8 Å². The van der Waals surface area contributed by atoms with Gasteiger partial charge >= 0.3 is 0 Å². The van der Waals surface area contributed by atoms with Crippen LogP contribution in [0.2, 0.25) is 0 Å². The van der Waals surface area contributed by atoms with Gasteiger partial charge < -0.3 is 19.5 Å². The van der Waals surface area contributed by atoms with E-state index < -0.39 is 5.60 Å². The van der Waals surface area contributed by atoms with Gasteiger partial charge in [0, 0.05) is 0 Å². The number of rotatable bonds is 5. The Labute approximate surface area is 118 Å². The van der Waals surface area contributed by atoms with Crippen molar-refractivity contribution in [2.24, 2.45) is 5.92 Å². The van der Waals surface area contributed by atoms with E-state index >= 15 is 0 Å². The highest BCUT2D eigenvalue weighted by Gasteiger charge is 2.53. The van der Waals surface area contributed by atoms with Crippen molar-refractivity contribution >= 4 is 5.91 Å². The number of nitrogens with zero attached hydrogens (tertiary/aromatic N) is 1. The van der Waals surface area contributed by atoms with Crippen LogP contribution in [0, 0.1) is 5.92 Å². The standard InChI is InChI=1S/C15H19NO4/c1-19-12-4-6-13(7-5-12)20-8-14(17)16-9-15(18,10-16)11-2-3-11/h4-7,11,18H,2-3,8-10H2,1H3. The Morgan fingerprint density at radius 2 is 1.90 bits per heavy atom. The third kappa shape index (κ3) is 2.58. The van der Waals surface area contributed by atoms with Gasteiger partial charge in [0.1, 0.15) is 17.1 Å². The van der Waals surface area contributed by atoms with Crippen LogP contribution < -0.4 is 9.47 Å². The zero-order valence-electron chi connectivity index (χ0n) is 11.5. The Balaban J connectivity index is 1.45. The lowest BCUT2D eigenvalue weighted by Crippen LogP contribution is -2.65. The molecule has 3 rings (SSSR count). The molecule has 2 aliphatic rings. The third-order valence-electron chi connectivity index (χ3n) is 4.04. The third-order valence-corrected chi connectivity index (χ3v) is 4.04. The molecule has 1 heterocycles. The molecule has 1 aliphatic carbocycles. The highest BCUT2D eigenvalue weighted by Crippen LogP contribution is 2.44. The van der Waals surface area contributed by atoms with Gasteiger partial charge in [-0.2, -0.15) is 0 Å². The Kier molecular flexibility index (Phi) is 3.30. The monoisotopic (exact) mass is 277 g/mol. The van der Waals surface area contributed by atoms with Crippen LogP contribution in [0.15, 0.2) is 24.3 Å². The molecule has 1 amide bonds. The summed E-state index contributed by atoms with van der Waals surface area (Å²) in [4.78, 5) is 13.6. The van der Waals surface area contributed by atoms with E-state index in [0.29, 0.717) is 24.8 Å². The molecule has 0 radical (unpaired) electrons. The summed E-state index contributed by atoms with van der Waals surface area (Å²) in [7, 11) is 1.60. The van der Waals surface area contributed by atoms with E-state index in [0.717, 1.165) is 18.6 Å². The highest BCUT2D eigenvalue weighted by molar-refractivity contribution is 5.79. The number of amides is 1. The topological polar surface area (TPSA) is 59.0 Å². The number of likely N-dealkylation sites (tertiary alicyclic amines) is 1. The molecule has 2 fully saturated rings. The molecular formula is C15H19NO4. The molecule has 0 aromatic heterocycles. The van der Waals surface area contributed by atoms with E-state index in [9.17, 15) is 9.90 Å². The lowest BCUT2D eigenvalue weighted by molar-refractivity contribution is -0.161. The number of carbonyl (C=O) groups excluding carboxylic acids is 1. The number of ether oxygens (including phenoxy) is 2. The maximum atomic E-state index is 11.9. The molecule has 1 saturated carbocycles. The molecule has 0 atom stereocenters. The lowest BCUT2D eigenvalue weighted by atomic mass is 9.89. The van der Waals surface area contributed by atoms with Crippen LogP contribution in [-0.2, 0) is 4.79 Å². The van der Waals surface area contributed by atoms with Crippen LogP contribution in [0.25, 0.3) is 0 Å². The van der Waals surface area contributed by atoms with Gasteiger partial charge in [-0.25, -0.2) is 0 Å². The van der Waals surface area contributed by atoms with Crippen LogP contribution in [0.3, 0.4) is 0 Å². The van der Waals surface area contributed by atoms with Crippen LogP contribution in [0.4, 0.5) is 0 Å². The van der Waals surface area contributed by atoms with Crippen molar-refractivity contribution in [1.29, 1.82) is 0 Å². The summed E-state index contributed by atoms with van der Waals surface area (Å²) >= 11 is 0. The summed E-state index contributed by atoms with van der Waals surface area (Å²) in [6.07, 6.45) is 2.17. The SMILES string of the molecule is COc1ccc(OCC(=O)N2CC(O)(C3CC3)C2)cc1. The van der Waals surface area contributed by atoms with Crippen molar-refractivity contribution in [1.82, 2.24) is 4.90 Å². The van der Waals surface area contributed by atoms with E-state index in [-0.39, 0.29) is 12.5 Å². The van der Waals surface area contributed by atoms with Gasteiger partial charge in [0.05, 0.1) is 20.2 Å². The fourth-order valence-electron chi connectivity index (χ4n) is 2.58. The quantitative estimate of drug-likeness (QED) is 0.874. The van der Waals surface area contributed by atoms with Gasteiger partial charge in [0.25, 0.3) is 5.91 Å². The second-order valence-electron chi connectivity index (χ2n) is 5.59. The van der Waals surface area contributed by atoms with Crippen molar-refractivity contribution in [3.05, 3.63) is 24.3 Å². The largest absolute Gasteiger partial charge is 0.497 e. The van der Waals surface area contributed by atoms with Gasteiger partial charge in [-0.15, -0.1) is 0 Å². The Morgan fingerprint density at radius 1 is 1.30 bits per heavy atom. The predicted molar refractivity (Wildman–Crippen MR) is 72.7 cm³/mol. The summed E-state index contributed by atoms with van der Waals surface area (Å²) in [5, 5.41) is 10.2. The van der Waals surface area contributed by atoms with Gasteiger partial charge in [-0.1, -0.05) is 0 Å². The van der Waals surface area contributed by atoms with Crippen LogP contribution in [-0.4, -0.2) is 48.3 Å². The molecule has 1 N–H and O–H groups in total. The van der Waals surface area contributed by atoms with Gasteiger partial charge in [0.15, 0.2) is 6.61 Å². The summed E-state index contributed by atoms with van der Waals surface area (Å²) in [6.45, 7) is 0.901. The first kappa shape index (κ1) is 13.2. The molecule has 1 aliphatic heterocycles. The van der Waals surface area contributed by atoms with Gasteiger partial charge in [-0.3, -0.25) is 4.79 Å². The van der Waals surface area contributed by atoms with Crippen LogP contribution in [0.1, 0.15) is 12.8 Å². The lowest BCUT2D eigenvalue weighted by Gasteiger charge is -2.46. The maximum absolute atomic E-state index is 11.9. The minimum Gasteiger partial charge on any atom is -0.497 e. The average Bonchev–Trinajstić information content (AvgIpc) is 3.26. The summed E-state index contributed by atoms with van der Waals surface area (Å²) in [6, 6.07) is 7.11. The fraction of sp³-hybridized carbons (Fsp3) is 0.533. The summed E-state index contributed by atoms with van der Waals surface area (Å²) < 4.78 is 10.5. The number of methoxy groups -OCH3 is 1. The zero-order valence-corrected chi connectivity index (χ0v) is 11.5. The normalized spacial score (nSPS) is 20.2. The average molecular weight is 277 g/mol. The first-order valence-electron chi connectivity index (χ1n) is 6.88. The number of benzene rings is 1. The number of hydrogen-bond acceptors (Lipinski definition) is 4. The molecule has 0 bridgehead atoms. The van der Waals surface area contributed by atoms with Crippen LogP contribution >= 0.6 is 0 Å². The molecule has 108 valence electrons. The van der Waals surface area contributed by atoms with Crippen LogP contribution in [0.5, 0.6) is 11.5 Å². The highest BCUT2D eigenvalue weighted by atomic mass is 16.5. The fourth-order valence-corrected chi connectivity index (χ4v) is 2.58. The second kappa shape index (κ2) is 4.98. The second-order valence-corrected chi connectivity index (χ2v) is 5.59. The van der Waals surface area contributed by atoms with Crippen molar-refractivity contribution in [3.63, 3.8) is 0 Å². The molecule has 1 aromatic carbocycles. The zero-order chi connectivity index (χ0) is 14.2. The Hall–Kier alpha value is -1.75. The minimum absolute atomic E-state index is 0.00702. The molecule has 0 spiro atoms. The van der Waals surface area contributed by atoms with Crippen molar-refractivity contribution < 1.29 is 19.4 Å². The summed E-state index contributed by atoms with van der Waals surface area (Å²) in [5.74, 6) is 1.71. The number of β-amino-alcohol motifs (C(OH)–C–C–N with tert-alkyl or cyclic N) is 1. The molecule has 1 saturated heterocycles. The predicted octanol–water partition coefficient (Wildman–Crippen LogP) is 1.06. The maximum Gasteiger partial charge on any atom is 0.260 e. The molecule has 0 unspecified atom stereocenters. The number of carbonyl (C=O) groups is 1. The molecule has 1 aromatic rings. The van der Waals surface area contributed by atoms with Crippen molar-refractivity contribution in [2.45, 2.75) is 18.4 Å².